The van der Waals surface area contributed by atoms with Crippen molar-refractivity contribution in [2.24, 2.45) is 5.92 Å². The van der Waals surface area contributed by atoms with Gasteiger partial charge in [0.05, 0.1) is 0 Å². The van der Waals surface area contributed by atoms with Crippen LogP contribution >= 0.6 is 0 Å². The van der Waals surface area contributed by atoms with E-state index in [1.54, 1.807) is 18.3 Å². The molecule has 1 aromatic heterocycles. The number of likely N-dealkylation sites (tertiary alicyclic amines) is 1. The highest BCUT2D eigenvalue weighted by atomic mass is 19.1. The first-order valence-corrected chi connectivity index (χ1v) is 7.66. The Morgan fingerprint density at radius 1 is 1.27 bits per heavy atom. The van der Waals surface area contributed by atoms with Gasteiger partial charge >= 0.3 is 0 Å². The fraction of sp³-hybridized carbons (Fsp3) is 0.333. The number of amides is 1. The van der Waals surface area contributed by atoms with E-state index in [0.29, 0.717) is 11.5 Å². The van der Waals surface area contributed by atoms with Crippen LogP contribution in [0.1, 0.15) is 28.8 Å². The zero-order chi connectivity index (χ0) is 15.4. The monoisotopic (exact) mass is 298 g/mol. The van der Waals surface area contributed by atoms with Crippen LogP contribution in [0.5, 0.6) is 0 Å². The highest BCUT2D eigenvalue weighted by Gasteiger charge is 2.24. The topological polar surface area (TPSA) is 33.2 Å². The van der Waals surface area contributed by atoms with E-state index >= 15 is 0 Å². The number of hydrogen-bond donors (Lipinski definition) is 0. The predicted molar refractivity (Wildman–Crippen MR) is 83.0 cm³/mol. The molecule has 1 aliphatic rings. The third-order valence-electron chi connectivity index (χ3n) is 4.14. The maximum atomic E-state index is 13.0. The molecule has 1 aromatic carbocycles. The van der Waals surface area contributed by atoms with E-state index in [4.69, 9.17) is 0 Å². The van der Waals surface area contributed by atoms with Gasteiger partial charge in [0, 0.05) is 31.0 Å². The molecule has 4 heteroatoms. The largest absolute Gasteiger partial charge is 0.338 e. The van der Waals surface area contributed by atoms with Crippen LogP contribution in [0.3, 0.4) is 0 Å². The van der Waals surface area contributed by atoms with Crippen LogP contribution < -0.4 is 0 Å². The molecule has 1 saturated heterocycles. The molecule has 2 heterocycles. The molecule has 0 N–H and O–H groups in total. The Morgan fingerprint density at radius 3 is 2.82 bits per heavy atom. The lowest BCUT2D eigenvalue weighted by atomic mass is 9.91. The Kier molecular flexibility index (Phi) is 4.47. The van der Waals surface area contributed by atoms with Crippen molar-refractivity contribution in [2.45, 2.75) is 19.3 Å². The van der Waals surface area contributed by atoms with Gasteiger partial charge in [-0.05, 0) is 61.1 Å². The molecule has 0 unspecified atom stereocenters. The van der Waals surface area contributed by atoms with Gasteiger partial charge < -0.3 is 4.90 Å². The van der Waals surface area contributed by atoms with E-state index in [1.165, 1.54) is 17.7 Å². The Labute approximate surface area is 129 Å². The molecule has 2 aromatic rings. The summed E-state index contributed by atoms with van der Waals surface area (Å²) in [5.41, 5.74) is 1.77. The SMILES string of the molecule is O=C(c1ccc(F)cc1)N1CCC[C@H](Cc2cccnc2)C1. The predicted octanol–water partition coefficient (Wildman–Crippen LogP) is 3.32. The number of piperidine rings is 1. The second-order valence-corrected chi connectivity index (χ2v) is 5.83. The summed E-state index contributed by atoms with van der Waals surface area (Å²) in [5.74, 6) is 0.142. The fourth-order valence-corrected chi connectivity index (χ4v) is 3.04. The van der Waals surface area contributed by atoms with Crippen molar-refractivity contribution in [1.82, 2.24) is 9.88 Å². The average Bonchev–Trinajstić information content (AvgIpc) is 2.56. The maximum absolute atomic E-state index is 13.0. The van der Waals surface area contributed by atoms with E-state index in [0.717, 1.165) is 32.4 Å². The van der Waals surface area contributed by atoms with Crippen LogP contribution in [0, 0.1) is 11.7 Å². The number of rotatable bonds is 3. The molecule has 3 nitrogen and oxygen atoms in total. The van der Waals surface area contributed by atoms with Crippen molar-refractivity contribution in [3.8, 4) is 0 Å². The lowest BCUT2D eigenvalue weighted by molar-refractivity contribution is 0.0673. The first kappa shape index (κ1) is 14.7. The second kappa shape index (κ2) is 6.69. The quantitative estimate of drug-likeness (QED) is 0.871. The normalized spacial score (nSPS) is 18.2. The molecular weight excluding hydrogens is 279 g/mol. The number of halogens is 1. The summed E-state index contributed by atoms with van der Waals surface area (Å²) in [6, 6.07) is 9.81. The van der Waals surface area contributed by atoms with Gasteiger partial charge in [-0.2, -0.15) is 0 Å². The standard InChI is InChI=1S/C18H19FN2O/c19-17-7-5-16(6-8-17)18(22)21-10-2-4-15(13-21)11-14-3-1-9-20-12-14/h1,3,5-9,12,15H,2,4,10-11,13H2/t15-/m1/s1. The molecule has 114 valence electrons. The van der Waals surface area contributed by atoms with E-state index in [-0.39, 0.29) is 11.7 Å². The number of hydrogen-bond acceptors (Lipinski definition) is 2. The fourth-order valence-electron chi connectivity index (χ4n) is 3.04. The summed E-state index contributed by atoms with van der Waals surface area (Å²) in [5, 5.41) is 0. The van der Waals surface area contributed by atoms with Gasteiger partial charge in [0.15, 0.2) is 0 Å². The molecule has 0 saturated carbocycles. The van der Waals surface area contributed by atoms with Crippen LogP contribution in [0.2, 0.25) is 0 Å². The summed E-state index contributed by atoms with van der Waals surface area (Å²) >= 11 is 0. The summed E-state index contributed by atoms with van der Waals surface area (Å²) in [4.78, 5) is 18.5. The summed E-state index contributed by atoms with van der Waals surface area (Å²) in [7, 11) is 0. The molecular formula is C18H19FN2O. The number of nitrogens with zero attached hydrogens (tertiary/aromatic N) is 2. The molecule has 1 atom stereocenters. The van der Waals surface area contributed by atoms with Crippen molar-refractivity contribution in [1.29, 1.82) is 0 Å². The number of benzene rings is 1. The van der Waals surface area contributed by atoms with Crippen molar-refractivity contribution < 1.29 is 9.18 Å². The third kappa shape index (κ3) is 3.50. The van der Waals surface area contributed by atoms with Gasteiger partial charge in [0.25, 0.3) is 5.91 Å². The van der Waals surface area contributed by atoms with Gasteiger partial charge in [-0.25, -0.2) is 4.39 Å². The number of pyridine rings is 1. The van der Waals surface area contributed by atoms with Crippen LogP contribution in [-0.2, 0) is 6.42 Å². The lowest BCUT2D eigenvalue weighted by Gasteiger charge is -2.33. The van der Waals surface area contributed by atoms with E-state index in [1.807, 2.05) is 17.2 Å². The third-order valence-corrected chi connectivity index (χ3v) is 4.14. The zero-order valence-electron chi connectivity index (χ0n) is 12.4. The molecule has 0 radical (unpaired) electrons. The van der Waals surface area contributed by atoms with Crippen LogP contribution in [0.15, 0.2) is 48.8 Å². The Bertz CT molecular complexity index is 627. The molecule has 22 heavy (non-hydrogen) atoms. The molecule has 0 aliphatic carbocycles. The van der Waals surface area contributed by atoms with E-state index in [9.17, 15) is 9.18 Å². The number of carbonyl (C=O) groups is 1. The molecule has 1 aliphatic heterocycles. The molecule has 1 fully saturated rings. The van der Waals surface area contributed by atoms with Crippen LogP contribution in [-0.4, -0.2) is 28.9 Å². The van der Waals surface area contributed by atoms with Crippen molar-refractivity contribution in [2.75, 3.05) is 13.1 Å². The van der Waals surface area contributed by atoms with Crippen LogP contribution in [0.4, 0.5) is 4.39 Å². The minimum absolute atomic E-state index is 0.00381. The highest BCUT2D eigenvalue weighted by molar-refractivity contribution is 5.94. The minimum Gasteiger partial charge on any atom is -0.338 e. The van der Waals surface area contributed by atoms with Gasteiger partial charge in [-0.1, -0.05) is 6.07 Å². The molecule has 1 amide bonds. The minimum atomic E-state index is -0.315. The molecule has 0 spiro atoms. The zero-order valence-corrected chi connectivity index (χ0v) is 12.4. The van der Waals surface area contributed by atoms with Gasteiger partial charge in [-0.15, -0.1) is 0 Å². The average molecular weight is 298 g/mol. The van der Waals surface area contributed by atoms with Crippen molar-refractivity contribution in [3.05, 3.63) is 65.7 Å². The Hall–Kier alpha value is -2.23. The maximum Gasteiger partial charge on any atom is 0.253 e. The van der Waals surface area contributed by atoms with Crippen LogP contribution in [0.25, 0.3) is 0 Å². The Morgan fingerprint density at radius 2 is 2.09 bits per heavy atom. The van der Waals surface area contributed by atoms with Crippen molar-refractivity contribution >= 4 is 5.91 Å². The van der Waals surface area contributed by atoms with Crippen molar-refractivity contribution in [3.63, 3.8) is 0 Å². The number of aromatic nitrogens is 1. The number of carbonyl (C=O) groups excluding carboxylic acids is 1. The summed E-state index contributed by atoms with van der Waals surface area (Å²) < 4.78 is 13.0. The van der Waals surface area contributed by atoms with Gasteiger partial charge in [-0.3, -0.25) is 9.78 Å². The Balaban J connectivity index is 1.65. The molecule has 3 rings (SSSR count). The van der Waals surface area contributed by atoms with Gasteiger partial charge in [0.2, 0.25) is 0 Å². The summed E-state index contributed by atoms with van der Waals surface area (Å²) in [6.07, 6.45) is 6.75. The molecule has 0 bridgehead atoms. The van der Waals surface area contributed by atoms with E-state index in [2.05, 4.69) is 11.1 Å². The van der Waals surface area contributed by atoms with Gasteiger partial charge in [0.1, 0.15) is 5.82 Å². The highest BCUT2D eigenvalue weighted by Crippen LogP contribution is 2.22. The first-order chi connectivity index (χ1) is 10.7. The summed E-state index contributed by atoms with van der Waals surface area (Å²) in [6.45, 7) is 1.53. The second-order valence-electron chi connectivity index (χ2n) is 5.83. The lowest BCUT2D eigenvalue weighted by Crippen LogP contribution is -2.40. The first-order valence-electron chi connectivity index (χ1n) is 7.66. The smallest absolute Gasteiger partial charge is 0.253 e. The van der Waals surface area contributed by atoms with E-state index < -0.39 is 0 Å².